The second-order valence-electron chi connectivity index (χ2n) is 5.70. The fourth-order valence-corrected chi connectivity index (χ4v) is 3.66. The van der Waals surface area contributed by atoms with Crippen molar-refractivity contribution in [2.24, 2.45) is 0 Å². The summed E-state index contributed by atoms with van der Waals surface area (Å²) in [6, 6.07) is 10.9. The van der Waals surface area contributed by atoms with Crippen LogP contribution in [0.4, 0.5) is 0 Å². The Morgan fingerprint density at radius 1 is 1.09 bits per heavy atom. The topological polar surface area (TPSA) is 18.5 Å². The van der Waals surface area contributed by atoms with Gasteiger partial charge in [-0.1, -0.05) is 42.5 Å². The van der Waals surface area contributed by atoms with Gasteiger partial charge in [0.15, 0.2) is 0 Å². The first-order chi connectivity index (χ1) is 10.8. The van der Waals surface area contributed by atoms with E-state index in [0.717, 1.165) is 12.2 Å². The molecule has 22 heavy (non-hydrogen) atoms. The zero-order valence-electron chi connectivity index (χ0n) is 13.1. The SMILES string of the molecule is CCOC1=C2C=CCc3ccc4cccc(c4c32)C1OCC. The highest BCUT2D eigenvalue weighted by molar-refractivity contribution is 6.03. The molecule has 2 heteroatoms. The molecule has 2 aromatic carbocycles. The number of allylic oxidation sites excluding steroid dienone is 3. The summed E-state index contributed by atoms with van der Waals surface area (Å²) in [6.45, 7) is 5.40. The quantitative estimate of drug-likeness (QED) is 0.806. The van der Waals surface area contributed by atoms with Gasteiger partial charge in [-0.15, -0.1) is 0 Å². The summed E-state index contributed by atoms with van der Waals surface area (Å²) in [5.41, 5.74) is 5.16. The first-order valence-electron chi connectivity index (χ1n) is 8.05. The molecule has 0 spiro atoms. The van der Waals surface area contributed by atoms with E-state index in [-0.39, 0.29) is 6.10 Å². The zero-order valence-corrected chi connectivity index (χ0v) is 13.1. The molecule has 112 valence electrons. The molecule has 0 fully saturated rings. The van der Waals surface area contributed by atoms with E-state index in [1.807, 2.05) is 13.8 Å². The van der Waals surface area contributed by atoms with Crippen LogP contribution in [0.5, 0.6) is 0 Å². The first-order valence-corrected chi connectivity index (χ1v) is 8.05. The normalized spacial score (nSPS) is 18.9. The third kappa shape index (κ3) is 1.84. The van der Waals surface area contributed by atoms with Crippen LogP contribution < -0.4 is 0 Å². The van der Waals surface area contributed by atoms with Gasteiger partial charge in [-0.2, -0.15) is 0 Å². The van der Waals surface area contributed by atoms with Gasteiger partial charge in [0.25, 0.3) is 0 Å². The van der Waals surface area contributed by atoms with Crippen LogP contribution in [-0.4, -0.2) is 13.2 Å². The van der Waals surface area contributed by atoms with Crippen LogP contribution in [-0.2, 0) is 15.9 Å². The van der Waals surface area contributed by atoms with Crippen molar-refractivity contribution >= 4 is 16.3 Å². The number of hydrogen-bond acceptors (Lipinski definition) is 2. The Hall–Kier alpha value is -2.06. The Balaban J connectivity index is 2.09. The van der Waals surface area contributed by atoms with Crippen LogP contribution in [0.3, 0.4) is 0 Å². The highest BCUT2D eigenvalue weighted by Crippen LogP contribution is 2.47. The largest absolute Gasteiger partial charge is 0.494 e. The van der Waals surface area contributed by atoms with Gasteiger partial charge in [-0.3, -0.25) is 0 Å². The molecular weight excluding hydrogens is 272 g/mol. The Morgan fingerprint density at radius 3 is 2.82 bits per heavy atom. The smallest absolute Gasteiger partial charge is 0.141 e. The van der Waals surface area contributed by atoms with E-state index in [1.54, 1.807) is 0 Å². The highest BCUT2D eigenvalue weighted by atomic mass is 16.5. The predicted octanol–water partition coefficient (Wildman–Crippen LogP) is 4.79. The molecule has 0 amide bonds. The maximum atomic E-state index is 6.07. The van der Waals surface area contributed by atoms with Gasteiger partial charge in [0, 0.05) is 12.2 Å². The molecule has 1 atom stereocenters. The van der Waals surface area contributed by atoms with Gasteiger partial charge in [-0.25, -0.2) is 0 Å². The molecular formula is C20H20O2. The van der Waals surface area contributed by atoms with Gasteiger partial charge in [-0.05, 0) is 47.7 Å². The Morgan fingerprint density at radius 2 is 2.00 bits per heavy atom. The van der Waals surface area contributed by atoms with Gasteiger partial charge in [0.05, 0.1) is 6.61 Å². The highest BCUT2D eigenvalue weighted by Gasteiger charge is 2.32. The maximum Gasteiger partial charge on any atom is 0.141 e. The summed E-state index contributed by atoms with van der Waals surface area (Å²) in [5, 5.41) is 2.62. The summed E-state index contributed by atoms with van der Waals surface area (Å²) >= 11 is 0. The number of hydrogen-bond donors (Lipinski definition) is 0. The molecule has 0 bridgehead atoms. The summed E-state index contributed by atoms with van der Waals surface area (Å²) in [7, 11) is 0. The van der Waals surface area contributed by atoms with Crippen LogP contribution in [0, 0.1) is 0 Å². The lowest BCUT2D eigenvalue weighted by Gasteiger charge is -2.32. The van der Waals surface area contributed by atoms with E-state index in [0.29, 0.717) is 13.2 Å². The van der Waals surface area contributed by atoms with Gasteiger partial charge in [0.2, 0.25) is 0 Å². The van der Waals surface area contributed by atoms with Crippen LogP contribution in [0.1, 0.15) is 36.6 Å². The van der Waals surface area contributed by atoms with Gasteiger partial charge >= 0.3 is 0 Å². The molecule has 0 saturated carbocycles. The van der Waals surface area contributed by atoms with Crippen molar-refractivity contribution in [2.45, 2.75) is 26.4 Å². The second-order valence-corrected chi connectivity index (χ2v) is 5.70. The monoisotopic (exact) mass is 292 g/mol. The fourth-order valence-electron chi connectivity index (χ4n) is 3.66. The van der Waals surface area contributed by atoms with Crippen molar-refractivity contribution in [1.82, 2.24) is 0 Å². The van der Waals surface area contributed by atoms with Gasteiger partial charge < -0.3 is 9.47 Å². The average Bonchev–Trinajstić information content (AvgIpc) is 2.56. The lowest BCUT2D eigenvalue weighted by atomic mass is 9.80. The molecule has 0 aliphatic heterocycles. The Labute approximate surface area is 131 Å². The molecule has 2 nitrogen and oxygen atoms in total. The summed E-state index contributed by atoms with van der Waals surface area (Å²) < 4.78 is 12.1. The van der Waals surface area contributed by atoms with E-state index in [9.17, 15) is 0 Å². The molecule has 1 unspecified atom stereocenters. The van der Waals surface area contributed by atoms with Crippen molar-refractivity contribution < 1.29 is 9.47 Å². The molecule has 2 aromatic rings. The molecule has 0 N–H and O–H groups in total. The lowest BCUT2D eigenvalue weighted by molar-refractivity contribution is 0.0391. The summed E-state index contributed by atoms with van der Waals surface area (Å²) in [4.78, 5) is 0. The number of benzene rings is 2. The van der Waals surface area contributed by atoms with Crippen molar-refractivity contribution in [3.63, 3.8) is 0 Å². The van der Waals surface area contributed by atoms with Crippen LogP contribution in [0.15, 0.2) is 48.2 Å². The molecule has 2 aliphatic rings. The van der Waals surface area contributed by atoms with Crippen LogP contribution in [0.2, 0.25) is 0 Å². The van der Waals surface area contributed by atoms with Crippen LogP contribution >= 0.6 is 0 Å². The van der Waals surface area contributed by atoms with Crippen LogP contribution in [0.25, 0.3) is 16.3 Å². The van der Waals surface area contributed by atoms with E-state index in [1.165, 1.54) is 33.0 Å². The molecule has 4 rings (SSSR count). The maximum absolute atomic E-state index is 6.07. The minimum atomic E-state index is -0.103. The molecule has 0 aromatic heterocycles. The molecule has 0 saturated heterocycles. The van der Waals surface area contributed by atoms with Crippen molar-refractivity contribution in [1.29, 1.82) is 0 Å². The average molecular weight is 292 g/mol. The summed E-state index contributed by atoms with van der Waals surface area (Å²) in [6.07, 6.45) is 5.31. The van der Waals surface area contributed by atoms with Crippen molar-refractivity contribution in [2.75, 3.05) is 13.2 Å². The Kier molecular flexibility index (Phi) is 3.27. The second kappa shape index (κ2) is 5.29. The minimum Gasteiger partial charge on any atom is -0.494 e. The molecule has 0 radical (unpaired) electrons. The Bertz CT molecular complexity index is 799. The van der Waals surface area contributed by atoms with E-state index in [4.69, 9.17) is 9.47 Å². The number of ether oxygens (including phenoxy) is 2. The minimum absolute atomic E-state index is 0.103. The first kappa shape index (κ1) is 13.6. The predicted molar refractivity (Wildman–Crippen MR) is 89.7 cm³/mol. The third-order valence-electron chi connectivity index (χ3n) is 4.47. The number of rotatable bonds is 4. The zero-order chi connectivity index (χ0) is 15.1. The summed E-state index contributed by atoms with van der Waals surface area (Å²) in [5.74, 6) is 0.966. The molecule has 2 aliphatic carbocycles. The van der Waals surface area contributed by atoms with E-state index >= 15 is 0 Å². The van der Waals surface area contributed by atoms with Crippen molar-refractivity contribution in [3.05, 3.63) is 64.9 Å². The van der Waals surface area contributed by atoms with Crippen molar-refractivity contribution in [3.8, 4) is 0 Å². The molecule has 0 heterocycles. The van der Waals surface area contributed by atoms with E-state index in [2.05, 4.69) is 42.5 Å². The van der Waals surface area contributed by atoms with Gasteiger partial charge in [0.1, 0.15) is 11.9 Å². The standard InChI is InChI=1S/C20H20O2/c1-3-21-19-15-9-5-7-13-11-12-14-8-6-10-16(18(14)17(13)15)20(19)22-4-2/h5-7,9-12,19H,3-4,8H2,1-2H3. The fraction of sp³-hybridized carbons (Fsp3) is 0.300. The third-order valence-corrected chi connectivity index (χ3v) is 4.47. The lowest BCUT2D eigenvalue weighted by Crippen LogP contribution is -2.18. The van der Waals surface area contributed by atoms with E-state index < -0.39 is 0 Å².